The lowest BCUT2D eigenvalue weighted by atomic mass is 10.1. The molecule has 0 aliphatic rings. The van der Waals surface area contributed by atoms with Crippen molar-refractivity contribution in [3.05, 3.63) is 64.9 Å². The van der Waals surface area contributed by atoms with Gasteiger partial charge in [0.05, 0.1) is 12.2 Å². The number of hydrogen-bond donors (Lipinski definition) is 2. The smallest absolute Gasteiger partial charge is 0.248 e. The van der Waals surface area contributed by atoms with E-state index in [1.807, 2.05) is 0 Å². The second-order valence-electron chi connectivity index (χ2n) is 4.64. The van der Waals surface area contributed by atoms with Gasteiger partial charge in [-0.25, -0.2) is 4.39 Å². The van der Waals surface area contributed by atoms with E-state index < -0.39 is 0 Å². The van der Waals surface area contributed by atoms with Gasteiger partial charge < -0.3 is 0 Å². The number of amides is 2. The molecule has 2 rings (SSSR count). The van der Waals surface area contributed by atoms with E-state index in [-0.39, 0.29) is 29.8 Å². The standard InChI is InChI=1S/C16H14ClFN2O2S/c17-12-3-1-11(2-4-12)9-15(21)19-20-16(22)10-23-14-7-5-13(18)6-8-14/h1-8H,9-10H2,(H,19,21)(H,20,22). The van der Waals surface area contributed by atoms with Gasteiger partial charge in [0, 0.05) is 9.92 Å². The van der Waals surface area contributed by atoms with Crippen LogP contribution in [0.5, 0.6) is 0 Å². The van der Waals surface area contributed by atoms with Crippen LogP contribution in [0.3, 0.4) is 0 Å². The van der Waals surface area contributed by atoms with Gasteiger partial charge in [0.15, 0.2) is 0 Å². The highest BCUT2D eigenvalue weighted by Crippen LogP contribution is 2.17. The molecule has 0 unspecified atom stereocenters. The zero-order valence-corrected chi connectivity index (χ0v) is 13.6. The summed E-state index contributed by atoms with van der Waals surface area (Å²) in [4.78, 5) is 24.1. The van der Waals surface area contributed by atoms with E-state index in [9.17, 15) is 14.0 Å². The molecule has 0 aliphatic heterocycles. The summed E-state index contributed by atoms with van der Waals surface area (Å²) in [5.41, 5.74) is 5.48. The maximum absolute atomic E-state index is 12.8. The maximum atomic E-state index is 12.8. The average Bonchev–Trinajstić information content (AvgIpc) is 2.54. The van der Waals surface area contributed by atoms with E-state index in [4.69, 9.17) is 11.6 Å². The maximum Gasteiger partial charge on any atom is 0.248 e. The minimum Gasteiger partial charge on any atom is -0.273 e. The third kappa shape index (κ3) is 6.30. The summed E-state index contributed by atoms with van der Waals surface area (Å²) in [6.07, 6.45) is 0.141. The first-order valence-corrected chi connectivity index (χ1v) is 8.10. The van der Waals surface area contributed by atoms with Crippen molar-refractivity contribution in [1.29, 1.82) is 0 Å². The zero-order valence-electron chi connectivity index (χ0n) is 12.0. The molecule has 4 nitrogen and oxygen atoms in total. The molecular weight excluding hydrogens is 339 g/mol. The van der Waals surface area contributed by atoms with Crippen LogP contribution in [-0.2, 0) is 16.0 Å². The largest absolute Gasteiger partial charge is 0.273 e. The molecule has 2 aromatic rings. The molecule has 0 aromatic heterocycles. The summed E-state index contributed by atoms with van der Waals surface area (Å²) in [6, 6.07) is 12.7. The predicted octanol–water partition coefficient (Wildman–Crippen LogP) is 2.96. The summed E-state index contributed by atoms with van der Waals surface area (Å²) in [5, 5.41) is 0.597. The van der Waals surface area contributed by atoms with Gasteiger partial charge in [0.1, 0.15) is 5.82 Å². The second kappa shape index (κ2) is 8.55. The second-order valence-corrected chi connectivity index (χ2v) is 6.13. The molecule has 0 atom stereocenters. The van der Waals surface area contributed by atoms with Gasteiger partial charge >= 0.3 is 0 Å². The van der Waals surface area contributed by atoms with Crippen molar-refractivity contribution in [2.45, 2.75) is 11.3 Å². The molecule has 0 saturated heterocycles. The van der Waals surface area contributed by atoms with E-state index >= 15 is 0 Å². The molecule has 0 saturated carbocycles. The van der Waals surface area contributed by atoms with Crippen LogP contribution < -0.4 is 10.9 Å². The van der Waals surface area contributed by atoms with Gasteiger partial charge in [-0.15, -0.1) is 11.8 Å². The van der Waals surface area contributed by atoms with Crippen LogP contribution in [0.1, 0.15) is 5.56 Å². The van der Waals surface area contributed by atoms with Crippen LogP contribution in [0.4, 0.5) is 4.39 Å². The van der Waals surface area contributed by atoms with E-state index in [1.54, 1.807) is 36.4 Å². The Bertz CT molecular complexity index is 677. The number of benzene rings is 2. The molecule has 0 fully saturated rings. The lowest BCUT2D eigenvalue weighted by molar-refractivity contribution is -0.127. The Kier molecular flexibility index (Phi) is 6.43. The summed E-state index contributed by atoms with van der Waals surface area (Å²) in [7, 11) is 0. The SMILES string of the molecule is O=C(CSc1ccc(F)cc1)NNC(=O)Cc1ccc(Cl)cc1. The normalized spacial score (nSPS) is 10.2. The van der Waals surface area contributed by atoms with Gasteiger partial charge in [-0.2, -0.15) is 0 Å². The molecule has 120 valence electrons. The number of rotatable bonds is 5. The Labute approximate surface area is 142 Å². The minimum atomic E-state index is -0.344. The lowest BCUT2D eigenvalue weighted by Crippen LogP contribution is -2.43. The number of nitrogens with one attached hydrogen (secondary N) is 2. The average molecular weight is 353 g/mol. The minimum absolute atomic E-state index is 0.118. The van der Waals surface area contributed by atoms with Gasteiger partial charge in [-0.3, -0.25) is 20.4 Å². The van der Waals surface area contributed by atoms with E-state index in [0.717, 1.165) is 10.5 Å². The first kappa shape index (κ1) is 17.3. The number of halogens is 2. The molecule has 0 radical (unpaired) electrons. The Morgan fingerprint density at radius 3 is 2.22 bits per heavy atom. The Morgan fingerprint density at radius 2 is 1.57 bits per heavy atom. The Hall–Kier alpha value is -2.05. The van der Waals surface area contributed by atoms with Crippen molar-refractivity contribution in [1.82, 2.24) is 10.9 Å². The molecule has 2 amide bonds. The summed E-state index contributed by atoms with van der Waals surface area (Å²) in [5.74, 6) is -0.878. The fourth-order valence-corrected chi connectivity index (χ4v) is 2.51. The number of carbonyl (C=O) groups excluding carboxylic acids is 2. The van der Waals surface area contributed by atoms with Gasteiger partial charge in [-0.1, -0.05) is 23.7 Å². The third-order valence-electron chi connectivity index (χ3n) is 2.80. The molecule has 2 N–H and O–H groups in total. The monoisotopic (exact) mass is 352 g/mol. The highest BCUT2D eigenvalue weighted by Gasteiger charge is 2.07. The van der Waals surface area contributed by atoms with E-state index in [1.165, 1.54) is 23.9 Å². The molecule has 0 bridgehead atoms. The van der Waals surface area contributed by atoms with Crippen molar-refractivity contribution in [3.63, 3.8) is 0 Å². The topological polar surface area (TPSA) is 58.2 Å². The highest BCUT2D eigenvalue weighted by molar-refractivity contribution is 8.00. The fraction of sp³-hybridized carbons (Fsp3) is 0.125. The van der Waals surface area contributed by atoms with Crippen LogP contribution in [-0.4, -0.2) is 17.6 Å². The molecule has 0 spiro atoms. The lowest BCUT2D eigenvalue weighted by Gasteiger charge is -2.07. The molecular formula is C16H14ClFN2O2S. The molecule has 23 heavy (non-hydrogen) atoms. The molecule has 0 aliphatic carbocycles. The Balaban J connectivity index is 1.70. The number of thioether (sulfide) groups is 1. The van der Waals surface area contributed by atoms with Crippen LogP contribution in [0, 0.1) is 5.82 Å². The van der Waals surface area contributed by atoms with Crippen LogP contribution >= 0.6 is 23.4 Å². The summed E-state index contributed by atoms with van der Waals surface area (Å²) < 4.78 is 12.8. The number of carbonyl (C=O) groups is 2. The summed E-state index contributed by atoms with van der Waals surface area (Å²) in [6.45, 7) is 0. The first-order chi connectivity index (χ1) is 11.0. The molecule has 0 heterocycles. The highest BCUT2D eigenvalue weighted by atomic mass is 35.5. The predicted molar refractivity (Wildman–Crippen MR) is 88.6 cm³/mol. The van der Waals surface area contributed by atoms with Crippen molar-refractivity contribution in [3.8, 4) is 0 Å². The Morgan fingerprint density at radius 1 is 0.957 bits per heavy atom. The third-order valence-corrected chi connectivity index (χ3v) is 4.07. The van der Waals surface area contributed by atoms with Crippen molar-refractivity contribution in [2.75, 3.05) is 5.75 Å². The fourth-order valence-electron chi connectivity index (χ4n) is 1.69. The molecule has 2 aromatic carbocycles. The van der Waals surface area contributed by atoms with Crippen LogP contribution in [0.15, 0.2) is 53.4 Å². The van der Waals surface area contributed by atoms with E-state index in [0.29, 0.717) is 5.02 Å². The summed E-state index contributed by atoms with van der Waals surface area (Å²) >= 11 is 7.01. The van der Waals surface area contributed by atoms with Gasteiger partial charge in [-0.05, 0) is 42.0 Å². The first-order valence-electron chi connectivity index (χ1n) is 6.73. The van der Waals surface area contributed by atoms with Crippen molar-refractivity contribution < 1.29 is 14.0 Å². The van der Waals surface area contributed by atoms with Crippen LogP contribution in [0.2, 0.25) is 5.02 Å². The zero-order chi connectivity index (χ0) is 16.7. The number of hydrazine groups is 1. The van der Waals surface area contributed by atoms with Crippen molar-refractivity contribution in [2.24, 2.45) is 0 Å². The van der Waals surface area contributed by atoms with Crippen LogP contribution in [0.25, 0.3) is 0 Å². The van der Waals surface area contributed by atoms with Gasteiger partial charge in [0.25, 0.3) is 0 Å². The molecule has 7 heteroatoms. The number of hydrogen-bond acceptors (Lipinski definition) is 3. The quantitative estimate of drug-likeness (QED) is 0.642. The van der Waals surface area contributed by atoms with Gasteiger partial charge in [0.2, 0.25) is 11.8 Å². The van der Waals surface area contributed by atoms with Crippen molar-refractivity contribution >= 4 is 35.2 Å². The van der Waals surface area contributed by atoms with E-state index in [2.05, 4.69) is 10.9 Å².